The first kappa shape index (κ1) is 19.6. The van der Waals surface area contributed by atoms with E-state index in [0.717, 1.165) is 0 Å². The fourth-order valence-corrected chi connectivity index (χ4v) is 2.12. The van der Waals surface area contributed by atoms with Crippen molar-refractivity contribution < 1.29 is 28.6 Å². The minimum Gasteiger partial charge on any atom is -0.465 e. The molecule has 0 spiro atoms. The van der Waals surface area contributed by atoms with Crippen molar-refractivity contribution in [3.05, 3.63) is 52.8 Å². The van der Waals surface area contributed by atoms with Crippen molar-refractivity contribution in [3.8, 4) is 5.75 Å². The molecular formula is C16H19NO6S. The predicted molar refractivity (Wildman–Crippen MR) is 90.3 cm³/mol. The lowest BCUT2D eigenvalue weighted by molar-refractivity contribution is -0.135. The molecule has 0 aliphatic rings. The van der Waals surface area contributed by atoms with Gasteiger partial charge in [0.2, 0.25) is 0 Å². The van der Waals surface area contributed by atoms with E-state index in [0.29, 0.717) is 16.4 Å². The van der Waals surface area contributed by atoms with E-state index in [2.05, 4.69) is 10.2 Å². The topological polar surface area (TPSA) is 83.1 Å². The molecule has 130 valence electrons. The van der Waals surface area contributed by atoms with Gasteiger partial charge in [-0.3, -0.25) is 10.3 Å². The standard InChI is InChI=1S/C16H19NO6S/c1-20-15(18)12-7-5-6-8-13(12)23-10-11(17-22-3)9-14(24-4)16(19)21-2/h5-10,17H,1-4H3/b11-10-,14-9-. The molecule has 24 heavy (non-hydrogen) atoms. The van der Waals surface area contributed by atoms with E-state index in [1.807, 2.05) is 0 Å². The lowest BCUT2D eigenvalue weighted by Crippen LogP contribution is -2.13. The van der Waals surface area contributed by atoms with Gasteiger partial charge in [0, 0.05) is 0 Å². The third-order valence-electron chi connectivity index (χ3n) is 2.72. The normalized spacial score (nSPS) is 11.7. The number of hydrogen-bond acceptors (Lipinski definition) is 8. The molecule has 0 unspecified atom stereocenters. The number of ether oxygens (including phenoxy) is 3. The Balaban J connectivity index is 3.09. The summed E-state index contributed by atoms with van der Waals surface area (Å²) in [4.78, 5) is 28.5. The molecule has 8 heteroatoms. The van der Waals surface area contributed by atoms with Crippen LogP contribution in [-0.2, 0) is 19.1 Å². The average Bonchev–Trinajstić information content (AvgIpc) is 2.62. The summed E-state index contributed by atoms with van der Waals surface area (Å²) in [5.74, 6) is -0.701. The number of carbonyl (C=O) groups is 2. The molecule has 0 bridgehead atoms. The molecule has 0 heterocycles. The first-order valence-electron chi connectivity index (χ1n) is 6.74. The molecule has 1 rings (SSSR count). The number of hydroxylamine groups is 1. The van der Waals surface area contributed by atoms with E-state index in [1.165, 1.54) is 45.4 Å². The number of carbonyl (C=O) groups excluding carboxylic acids is 2. The van der Waals surface area contributed by atoms with Gasteiger partial charge < -0.3 is 14.2 Å². The molecule has 1 N–H and O–H groups in total. The summed E-state index contributed by atoms with van der Waals surface area (Å²) in [6.07, 6.45) is 4.55. The zero-order chi connectivity index (χ0) is 17.9. The molecular weight excluding hydrogens is 334 g/mol. The molecule has 7 nitrogen and oxygen atoms in total. The van der Waals surface area contributed by atoms with E-state index in [9.17, 15) is 9.59 Å². The van der Waals surface area contributed by atoms with Gasteiger partial charge in [0.15, 0.2) is 0 Å². The number of nitrogens with one attached hydrogen (secondary N) is 1. The van der Waals surface area contributed by atoms with E-state index >= 15 is 0 Å². The molecule has 0 atom stereocenters. The highest BCUT2D eigenvalue weighted by atomic mass is 32.2. The summed E-state index contributed by atoms with van der Waals surface area (Å²) in [7, 11) is 4.00. The Morgan fingerprint density at radius 2 is 1.83 bits per heavy atom. The minimum atomic E-state index is -0.518. The predicted octanol–water partition coefficient (Wildman–Crippen LogP) is 2.26. The minimum absolute atomic E-state index is 0.273. The molecule has 0 aliphatic carbocycles. The van der Waals surface area contributed by atoms with Crippen LogP contribution in [0.1, 0.15) is 10.4 Å². The van der Waals surface area contributed by atoms with Crippen molar-refractivity contribution >= 4 is 23.7 Å². The fraction of sp³-hybridized carbons (Fsp3) is 0.250. The Morgan fingerprint density at radius 3 is 2.42 bits per heavy atom. The van der Waals surface area contributed by atoms with Gasteiger partial charge in [0.25, 0.3) is 0 Å². The highest BCUT2D eigenvalue weighted by molar-refractivity contribution is 8.03. The average molecular weight is 353 g/mol. The fourth-order valence-electron chi connectivity index (χ4n) is 1.62. The molecule has 1 aromatic carbocycles. The first-order chi connectivity index (χ1) is 11.6. The largest absolute Gasteiger partial charge is 0.465 e. The maximum absolute atomic E-state index is 11.7. The van der Waals surface area contributed by atoms with Crippen LogP contribution in [0.5, 0.6) is 5.75 Å². The summed E-state index contributed by atoms with van der Waals surface area (Å²) >= 11 is 1.21. The third kappa shape index (κ3) is 5.64. The maximum atomic E-state index is 11.7. The highest BCUT2D eigenvalue weighted by Crippen LogP contribution is 2.20. The van der Waals surface area contributed by atoms with Gasteiger partial charge in [-0.05, 0) is 24.5 Å². The second-order valence-corrected chi connectivity index (χ2v) is 5.04. The van der Waals surface area contributed by atoms with Crippen LogP contribution in [0.15, 0.2) is 47.2 Å². The van der Waals surface area contributed by atoms with E-state index < -0.39 is 11.9 Å². The molecule has 1 aromatic rings. The van der Waals surface area contributed by atoms with E-state index in [4.69, 9.17) is 14.3 Å². The first-order valence-corrected chi connectivity index (χ1v) is 7.97. The number of para-hydroxylation sites is 1. The van der Waals surface area contributed by atoms with Crippen LogP contribution in [0.2, 0.25) is 0 Å². The Bertz CT molecular complexity index is 641. The van der Waals surface area contributed by atoms with Crippen LogP contribution in [0.4, 0.5) is 0 Å². The number of rotatable bonds is 8. The summed E-state index contributed by atoms with van der Waals surface area (Å²) < 4.78 is 14.9. The van der Waals surface area contributed by atoms with E-state index in [-0.39, 0.29) is 5.56 Å². The van der Waals surface area contributed by atoms with Gasteiger partial charge in [-0.2, -0.15) is 0 Å². The number of allylic oxidation sites excluding steroid dienone is 1. The number of thioether (sulfide) groups is 1. The van der Waals surface area contributed by atoms with Gasteiger partial charge in [-0.25, -0.2) is 9.59 Å². The zero-order valence-electron chi connectivity index (χ0n) is 13.8. The van der Waals surface area contributed by atoms with Gasteiger partial charge in [0.1, 0.15) is 17.6 Å². The number of methoxy groups -OCH3 is 2. The maximum Gasteiger partial charge on any atom is 0.344 e. The Morgan fingerprint density at radius 1 is 1.12 bits per heavy atom. The number of hydrogen-bond donors (Lipinski definition) is 1. The lowest BCUT2D eigenvalue weighted by Gasteiger charge is -2.09. The van der Waals surface area contributed by atoms with Crippen molar-refractivity contribution in [1.29, 1.82) is 0 Å². The van der Waals surface area contributed by atoms with Crippen molar-refractivity contribution in [2.75, 3.05) is 27.6 Å². The summed E-state index contributed by atoms with van der Waals surface area (Å²) in [6, 6.07) is 6.61. The third-order valence-corrected chi connectivity index (χ3v) is 3.44. The van der Waals surface area contributed by atoms with Crippen LogP contribution < -0.4 is 10.2 Å². The Kier molecular flexibility index (Phi) is 8.45. The van der Waals surface area contributed by atoms with Crippen LogP contribution in [0.25, 0.3) is 0 Å². The molecule has 0 saturated heterocycles. The Labute approximate surface area is 144 Å². The molecule has 0 amide bonds. The van der Waals surface area contributed by atoms with Crippen LogP contribution in [0, 0.1) is 0 Å². The van der Waals surface area contributed by atoms with Crippen LogP contribution in [0.3, 0.4) is 0 Å². The lowest BCUT2D eigenvalue weighted by atomic mass is 10.2. The van der Waals surface area contributed by atoms with E-state index in [1.54, 1.807) is 30.5 Å². The van der Waals surface area contributed by atoms with Crippen molar-refractivity contribution in [2.45, 2.75) is 0 Å². The van der Waals surface area contributed by atoms with Crippen molar-refractivity contribution in [2.24, 2.45) is 0 Å². The number of benzene rings is 1. The van der Waals surface area contributed by atoms with Gasteiger partial charge >= 0.3 is 11.9 Å². The van der Waals surface area contributed by atoms with Gasteiger partial charge in [-0.15, -0.1) is 11.8 Å². The summed E-state index contributed by atoms with van der Waals surface area (Å²) in [5.41, 5.74) is 3.21. The molecule has 0 saturated carbocycles. The zero-order valence-corrected chi connectivity index (χ0v) is 14.6. The highest BCUT2D eigenvalue weighted by Gasteiger charge is 2.13. The van der Waals surface area contributed by atoms with Crippen LogP contribution >= 0.6 is 11.8 Å². The SMILES string of the molecule is CONC(=C\Oc1ccccc1C(=O)OC)/C=C(\SC)C(=O)OC. The quantitative estimate of drug-likeness (QED) is 0.251. The second kappa shape index (κ2) is 10.3. The van der Waals surface area contributed by atoms with Gasteiger partial charge in [0.05, 0.1) is 31.9 Å². The monoisotopic (exact) mass is 353 g/mol. The molecule has 0 fully saturated rings. The summed E-state index contributed by atoms with van der Waals surface area (Å²) in [6.45, 7) is 0. The Hall–Kier alpha value is -2.45. The molecule has 0 radical (unpaired) electrons. The molecule has 0 aliphatic heterocycles. The number of esters is 2. The van der Waals surface area contributed by atoms with Crippen LogP contribution in [-0.4, -0.2) is 39.5 Å². The second-order valence-electron chi connectivity index (χ2n) is 4.19. The molecule has 0 aromatic heterocycles. The summed E-state index contributed by atoms with van der Waals surface area (Å²) in [5, 5.41) is 0. The van der Waals surface area contributed by atoms with Crippen molar-refractivity contribution in [1.82, 2.24) is 5.48 Å². The van der Waals surface area contributed by atoms with Crippen molar-refractivity contribution in [3.63, 3.8) is 0 Å². The van der Waals surface area contributed by atoms with Gasteiger partial charge in [-0.1, -0.05) is 12.1 Å². The smallest absolute Gasteiger partial charge is 0.344 e.